The van der Waals surface area contributed by atoms with E-state index in [0.717, 1.165) is 24.3 Å². The third kappa shape index (κ3) is 2.94. The van der Waals surface area contributed by atoms with Crippen molar-refractivity contribution in [3.05, 3.63) is 29.6 Å². The summed E-state index contributed by atoms with van der Waals surface area (Å²) in [6, 6.07) is 6.42. The van der Waals surface area contributed by atoms with Gasteiger partial charge in [0.05, 0.1) is 11.0 Å². The minimum atomic E-state index is 0.630. The molecule has 0 atom stereocenters. The molecule has 0 aliphatic rings. The van der Waals surface area contributed by atoms with Crippen molar-refractivity contribution >= 4 is 22.6 Å². The molecule has 1 aromatic carbocycles. The predicted octanol–water partition coefficient (Wildman–Crippen LogP) is 4.56. The van der Waals surface area contributed by atoms with Gasteiger partial charge in [-0.1, -0.05) is 38.8 Å². The summed E-state index contributed by atoms with van der Waals surface area (Å²) in [5, 5.41) is 0. The lowest BCUT2D eigenvalue weighted by molar-refractivity contribution is 0.417. The van der Waals surface area contributed by atoms with E-state index in [1.807, 2.05) is 0 Å². The van der Waals surface area contributed by atoms with Gasteiger partial charge in [0.15, 0.2) is 0 Å². The van der Waals surface area contributed by atoms with E-state index < -0.39 is 0 Å². The van der Waals surface area contributed by atoms with Gasteiger partial charge in [-0.3, -0.25) is 0 Å². The van der Waals surface area contributed by atoms with E-state index in [4.69, 9.17) is 16.6 Å². The molecular formula is C16H23ClN2. The number of nitrogens with zero attached hydrogens (tertiary/aromatic N) is 2. The maximum atomic E-state index is 5.93. The molecule has 2 rings (SSSR count). The van der Waals surface area contributed by atoms with Crippen LogP contribution in [0.15, 0.2) is 18.2 Å². The summed E-state index contributed by atoms with van der Waals surface area (Å²) >= 11 is 5.93. The highest BCUT2D eigenvalue weighted by Crippen LogP contribution is 2.23. The lowest BCUT2D eigenvalue weighted by Crippen LogP contribution is -2.12. The molecule has 1 aromatic heterocycles. The zero-order valence-corrected chi connectivity index (χ0v) is 12.9. The number of hydrogen-bond acceptors (Lipinski definition) is 1. The van der Waals surface area contributed by atoms with Gasteiger partial charge in [-0.15, -0.1) is 11.6 Å². The lowest BCUT2D eigenvalue weighted by atomic mass is 10.0. The zero-order valence-electron chi connectivity index (χ0n) is 12.1. The van der Waals surface area contributed by atoms with Gasteiger partial charge in [-0.05, 0) is 24.5 Å². The van der Waals surface area contributed by atoms with Crippen molar-refractivity contribution in [1.82, 2.24) is 9.55 Å². The third-order valence-electron chi connectivity index (χ3n) is 3.97. The summed E-state index contributed by atoms with van der Waals surface area (Å²) < 4.78 is 2.38. The van der Waals surface area contributed by atoms with Gasteiger partial charge in [0.1, 0.15) is 5.82 Å². The third-order valence-corrected chi connectivity index (χ3v) is 4.16. The van der Waals surface area contributed by atoms with Crippen LogP contribution in [0.25, 0.3) is 11.0 Å². The second-order valence-electron chi connectivity index (χ2n) is 5.20. The lowest BCUT2D eigenvalue weighted by Gasteiger charge is -2.16. The van der Waals surface area contributed by atoms with E-state index in [1.165, 1.54) is 23.9 Å². The molecule has 0 fully saturated rings. The van der Waals surface area contributed by atoms with E-state index in [2.05, 4.69) is 43.5 Å². The first-order chi connectivity index (χ1) is 9.21. The van der Waals surface area contributed by atoms with Crippen molar-refractivity contribution in [3.8, 4) is 0 Å². The van der Waals surface area contributed by atoms with Crippen LogP contribution in [0, 0.1) is 12.8 Å². The molecule has 0 N–H and O–H groups in total. The highest BCUT2D eigenvalue weighted by Gasteiger charge is 2.14. The topological polar surface area (TPSA) is 17.8 Å². The Morgan fingerprint density at radius 3 is 2.63 bits per heavy atom. The standard InChI is InChI=1S/C16H23ClN2/c1-4-13(5-2)11-19-14-8-6-7-12(3)16(14)18-15(19)9-10-17/h6-8,13H,4-5,9-11H2,1-3H3. The maximum absolute atomic E-state index is 5.93. The largest absolute Gasteiger partial charge is 0.328 e. The molecule has 2 nitrogen and oxygen atoms in total. The van der Waals surface area contributed by atoms with Crippen molar-refractivity contribution in [2.24, 2.45) is 5.92 Å². The van der Waals surface area contributed by atoms with Gasteiger partial charge in [-0.2, -0.15) is 0 Å². The van der Waals surface area contributed by atoms with Crippen molar-refractivity contribution < 1.29 is 0 Å². The van der Waals surface area contributed by atoms with Crippen LogP contribution in [-0.2, 0) is 13.0 Å². The van der Waals surface area contributed by atoms with Crippen LogP contribution in [0.4, 0.5) is 0 Å². The molecule has 0 amide bonds. The Hall–Kier alpha value is -1.02. The van der Waals surface area contributed by atoms with E-state index in [9.17, 15) is 0 Å². The number of benzene rings is 1. The average Bonchev–Trinajstić information content (AvgIpc) is 2.76. The minimum Gasteiger partial charge on any atom is -0.328 e. The smallest absolute Gasteiger partial charge is 0.111 e. The van der Waals surface area contributed by atoms with Crippen LogP contribution in [-0.4, -0.2) is 15.4 Å². The van der Waals surface area contributed by atoms with Crippen LogP contribution < -0.4 is 0 Å². The van der Waals surface area contributed by atoms with Crippen LogP contribution in [0.1, 0.15) is 38.1 Å². The van der Waals surface area contributed by atoms with Crippen LogP contribution in [0.2, 0.25) is 0 Å². The predicted molar refractivity (Wildman–Crippen MR) is 83.0 cm³/mol. The van der Waals surface area contributed by atoms with Gasteiger partial charge in [0.25, 0.3) is 0 Å². The Morgan fingerprint density at radius 2 is 2.00 bits per heavy atom. The summed E-state index contributed by atoms with van der Waals surface area (Å²) in [5.41, 5.74) is 3.64. The monoisotopic (exact) mass is 278 g/mol. The summed E-state index contributed by atoms with van der Waals surface area (Å²) in [7, 11) is 0. The van der Waals surface area contributed by atoms with Gasteiger partial charge >= 0.3 is 0 Å². The highest BCUT2D eigenvalue weighted by molar-refractivity contribution is 6.17. The van der Waals surface area contributed by atoms with Crippen molar-refractivity contribution in [1.29, 1.82) is 0 Å². The zero-order chi connectivity index (χ0) is 13.8. The maximum Gasteiger partial charge on any atom is 0.111 e. The molecule has 0 unspecified atom stereocenters. The molecular weight excluding hydrogens is 256 g/mol. The van der Waals surface area contributed by atoms with Gasteiger partial charge in [0.2, 0.25) is 0 Å². The molecule has 0 saturated heterocycles. The fourth-order valence-electron chi connectivity index (χ4n) is 2.62. The van der Waals surface area contributed by atoms with E-state index >= 15 is 0 Å². The second-order valence-corrected chi connectivity index (χ2v) is 5.58. The minimum absolute atomic E-state index is 0.630. The molecule has 0 saturated carbocycles. The molecule has 2 aromatic rings. The first kappa shape index (κ1) is 14.4. The van der Waals surface area contributed by atoms with E-state index in [0.29, 0.717) is 11.8 Å². The number of halogens is 1. The van der Waals surface area contributed by atoms with Crippen molar-refractivity contribution in [2.45, 2.75) is 46.6 Å². The first-order valence-corrected chi connectivity index (χ1v) is 7.75. The summed E-state index contributed by atoms with van der Waals surface area (Å²) in [4.78, 5) is 4.80. The number of fused-ring (bicyclic) bond motifs is 1. The number of hydrogen-bond donors (Lipinski definition) is 0. The number of imidazole rings is 1. The first-order valence-electron chi connectivity index (χ1n) is 7.21. The number of para-hydroxylation sites is 1. The second kappa shape index (κ2) is 6.42. The van der Waals surface area contributed by atoms with E-state index in [1.54, 1.807) is 0 Å². The molecule has 1 heterocycles. The Balaban J connectivity index is 2.48. The summed E-state index contributed by atoms with van der Waals surface area (Å²) in [6.07, 6.45) is 3.26. The van der Waals surface area contributed by atoms with Crippen molar-refractivity contribution in [3.63, 3.8) is 0 Å². The quantitative estimate of drug-likeness (QED) is 0.708. The molecule has 0 bridgehead atoms. The summed E-state index contributed by atoms with van der Waals surface area (Å²) in [6.45, 7) is 7.71. The fraction of sp³-hybridized carbons (Fsp3) is 0.562. The molecule has 0 aliphatic carbocycles. The van der Waals surface area contributed by atoms with E-state index in [-0.39, 0.29) is 0 Å². The summed E-state index contributed by atoms with van der Waals surface area (Å²) in [5.74, 6) is 2.48. The Bertz CT molecular complexity index is 541. The Kier molecular flexibility index (Phi) is 4.87. The Morgan fingerprint density at radius 1 is 1.26 bits per heavy atom. The fourth-order valence-corrected chi connectivity index (χ4v) is 2.79. The average molecular weight is 279 g/mol. The number of rotatable bonds is 6. The van der Waals surface area contributed by atoms with Crippen LogP contribution >= 0.6 is 11.6 Å². The normalized spacial score (nSPS) is 11.6. The SMILES string of the molecule is CCC(CC)Cn1c(CCCl)nc2c(C)cccc21. The number of aryl methyl sites for hydroxylation is 2. The van der Waals surface area contributed by atoms with Crippen LogP contribution in [0.5, 0.6) is 0 Å². The molecule has 0 radical (unpaired) electrons. The van der Waals surface area contributed by atoms with Crippen molar-refractivity contribution in [2.75, 3.05) is 5.88 Å². The van der Waals surface area contributed by atoms with Gasteiger partial charge in [-0.25, -0.2) is 4.98 Å². The molecule has 19 heavy (non-hydrogen) atoms. The highest BCUT2D eigenvalue weighted by atomic mass is 35.5. The van der Waals surface area contributed by atoms with Crippen LogP contribution in [0.3, 0.4) is 0 Å². The number of aromatic nitrogens is 2. The number of alkyl halides is 1. The molecule has 3 heteroatoms. The Labute approximate surface area is 120 Å². The molecule has 104 valence electrons. The van der Waals surface area contributed by atoms with Gasteiger partial charge in [0, 0.05) is 18.8 Å². The van der Waals surface area contributed by atoms with Gasteiger partial charge < -0.3 is 4.57 Å². The molecule has 0 aliphatic heterocycles. The molecule has 0 spiro atoms.